The molecule has 1 fully saturated rings. The number of benzene rings is 2. The molecule has 3 heterocycles. The fourth-order valence-electron chi connectivity index (χ4n) is 4.93. The van der Waals surface area contributed by atoms with Gasteiger partial charge in [0.1, 0.15) is 6.61 Å². The van der Waals surface area contributed by atoms with Gasteiger partial charge in [0.25, 0.3) is 0 Å². The lowest BCUT2D eigenvalue weighted by Crippen LogP contribution is -2.14. The first-order valence-corrected chi connectivity index (χ1v) is 13.5. The summed E-state index contributed by atoms with van der Waals surface area (Å²) in [6.07, 6.45) is 6.34. The van der Waals surface area contributed by atoms with Crippen molar-refractivity contribution in [3.8, 4) is 23.1 Å². The molecule has 1 atom stereocenters. The van der Waals surface area contributed by atoms with Crippen LogP contribution in [0, 0.1) is 11.3 Å². The zero-order valence-electron chi connectivity index (χ0n) is 22.3. The molecule has 5 heteroatoms. The molecule has 194 valence electrons. The summed E-state index contributed by atoms with van der Waals surface area (Å²) < 4.78 is 14.7. The molecule has 5 nitrogen and oxygen atoms in total. The van der Waals surface area contributed by atoms with Crippen molar-refractivity contribution in [2.24, 2.45) is 0 Å². The van der Waals surface area contributed by atoms with Gasteiger partial charge in [0.2, 0.25) is 5.88 Å². The minimum Gasteiger partial charge on any atom is -0.472 e. The highest BCUT2D eigenvalue weighted by molar-refractivity contribution is 5.84. The van der Waals surface area contributed by atoms with E-state index in [9.17, 15) is 5.26 Å². The second-order valence-electron chi connectivity index (χ2n) is 10.4. The predicted molar refractivity (Wildman–Crippen MR) is 152 cm³/mol. The van der Waals surface area contributed by atoms with Gasteiger partial charge in [0.15, 0.2) is 0 Å². The van der Waals surface area contributed by atoms with Crippen molar-refractivity contribution >= 4 is 11.0 Å². The number of aryl methyl sites for hydroxylation is 1. The highest BCUT2D eigenvalue weighted by atomic mass is 16.5. The number of nitrogens with zero attached hydrogens (tertiary/aromatic N) is 3. The second kappa shape index (κ2) is 11.7. The number of pyridine rings is 1. The fourth-order valence-corrected chi connectivity index (χ4v) is 4.93. The van der Waals surface area contributed by atoms with E-state index in [2.05, 4.69) is 73.7 Å². The highest BCUT2D eigenvalue weighted by Gasteiger charge is 2.17. The molecule has 0 unspecified atom stereocenters. The van der Waals surface area contributed by atoms with Gasteiger partial charge >= 0.3 is 0 Å². The molecule has 4 aromatic rings. The summed E-state index contributed by atoms with van der Waals surface area (Å²) in [7, 11) is 0. The van der Waals surface area contributed by atoms with Gasteiger partial charge in [0.05, 0.1) is 35.4 Å². The smallest absolute Gasteiger partial charge is 0.222 e. The van der Waals surface area contributed by atoms with Crippen LogP contribution in [0.3, 0.4) is 0 Å². The second-order valence-corrected chi connectivity index (χ2v) is 10.4. The quantitative estimate of drug-likeness (QED) is 0.229. The van der Waals surface area contributed by atoms with Crippen LogP contribution in [0.15, 0.2) is 79.0 Å². The lowest BCUT2D eigenvalue weighted by molar-refractivity contribution is 0.0506. The summed E-state index contributed by atoms with van der Waals surface area (Å²) in [4.78, 5) is 4.94. The van der Waals surface area contributed by atoms with Gasteiger partial charge in [-0.05, 0) is 72.6 Å². The average Bonchev–Trinajstić information content (AvgIpc) is 3.22. The van der Waals surface area contributed by atoms with Crippen molar-refractivity contribution in [3.63, 3.8) is 0 Å². The van der Waals surface area contributed by atoms with Crippen molar-refractivity contribution < 1.29 is 9.47 Å². The van der Waals surface area contributed by atoms with Crippen LogP contribution in [0.25, 0.3) is 22.2 Å². The maximum Gasteiger partial charge on any atom is 0.222 e. The minimum absolute atomic E-state index is 0.252. The maximum absolute atomic E-state index is 9.26. The van der Waals surface area contributed by atoms with Gasteiger partial charge in [0, 0.05) is 18.3 Å². The summed E-state index contributed by atoms with van der Waals surface area (Å²) >= 11 is 0. The van der Waals surface area contributed by atoms with E-state index in [1.165, 1.54) is 11.1 Å². The van der Waals surface area contributed by atoms with Crippen molar-refractivity contribution in [2.45, 2.75) is 64.7 Å². The Hall–Kier alpha value is -3.88. The zero-order chi connectivity index (χ0) is 26.5. The third-order valence-corrected chi connectivity index (χ3v) is 7.39. The van der Waals surface area contributed by atoms with E-state index in [1.54, 1.807) is 0 Å². The third kappa shape index (κ3) is 5.98. The van der Waals surface area contributed by atoms with E-state index in [-0.39, 0.29) is 6.10 Å². The van der Waals surface area contributed by atoms with Gasteiger partial charge in [-0.3, -0.25) is 0 Å². The van der Waals surface area contributed by atoms with Gasteiger partial charge in [-0.15, -0.1) is 0 Å². The number of ether oxygens (including phenoxy) is 2. The lowest BCUT2D eigenvalue weighted by atomic mass is 10.0. The van der Waals surface area contributed by atoms with Crippen LogP contribution in [0.4, 0.5) is 0 Å². The van der Waals surface area contributed by atoms with Gasteiger partial charge in [-0.1, -0.05) is 62.4 Å². The first-order valence-electron chi connectivity index (χ1n) is 13.5. The van der Waals surface area contributed by atoms with Crippen LogP contribution in [0.5, 0.6) is 5.88 Å². The first-order chi connectivity index (χ1) is 18.5. The molecule has 0 spiro atoms. The van der Waals surface area contributed by atoms with E-state index in [1.807, 2.05) is 24.3 Å². The summed E-state index contributed by atoms with van der Waals surface area (Å²) in [5.74, 6) is 1.09. The first kappa shape index (κ1) is 25.8. The van der Waals surface area contributed by atoms with E-state index >= 15 is 0 Å². The van der Waals surface area contributed by atoms with Gasteiger partial charge in [-0.2, -0.15) is 5.26 Å². The lowest BCUT2D eigenvalue weighted by Gasteiger charge is -2.16. The van der Waals surface area contributed by atoms with Crippen LogP contribution >= 0.6 is 0 Å². The summed E-state index contributed by atoms with van der Waals surface area (Å²) in [5, 5.41) is 9.26. The van der Waals surface area contributed by atoms with Gasteiger partial charge < -0.3 is 14.0 Å². The molecule has 0 bridgehead atoms. The summed E-state index contributed by atoms with van der Waals surface area (Å²) in [6.45, 7) is 10.6. The Morgan fingerprint density at radius 2 is 1.89 bits per heavy atom. The van der Waals surface area contributed by atoms with Gasteiger partial charge in [-0.25, -0.2) is 4.98 Å². The number of rotatable bonds is 8. The number of hydrogen-bond acceptors (Lipinski definition) is 4. The normalized spacial score (nSPS) is 15.9. The average molecular weight is 506 g/mol. The van der Waals surface area contributed by atoms with E-state index in [0.717, 1.165) is 66.6 Å². The number of aromatic nitrogens is 2. The van der Waals surface area contributed by atoms with Crippen molar-refractivity contribution in [3.05, 3.63) is 95.7 Å². The Bertz CT molecular complexity index is 1440. The van der Waals surface area contributed by atoms with Crippen LogP contribution in [0.1, 0.15) is 62.1 Å². The Labute approximate surface area is 225 Å². The largest absolute Gasteiger partial charge is 0.472 e. The molecule has 0 N–H and O–H groups in total. The van der Waals surface area contributed by atoms with Crippen LogP contribution in [-0.4, -0.2) is 22.3 Å². The third-order valence-electron chi connectivity index (χ3n) is 7.39. The zero-order valence-corrected chi connectivity index (χ0v) is 22.3. The number of nitriles is 1. The maximum atomic E-state index is 9.26. The Morgan fingerprint density at radius 3 is 2.63 bits per heavy atom. The van der Waals surface area contributed by atoms with Crippen molar-refractivity contribution in [1.82, 2.24) is 9.55 Å². The van der Waals surface area contributed by atoms with Crippen LogP contribution in [0.2, 0.25) is 0 Å². The van der Waals surface area contributed by atoms with Crippen molar-refractivity contribution in [1.29, 1.82) is 5.26 Å². The predicted octanol–water partition coefficient (Wildman–Crippen LogP) is 7.79. The van der Waals surface area contributed by atoms with E-state index < -0.39 is 0 Å². The van der Waals surface area contributed by atoms with Crippen LogP contribution in [-0.2, 0) is 17.9 Å². The number of hydrogen-bond donors (Lipinski definition) is 0. The van der Waals surface area contributed by atoms with Crippen molar-refractivity contribution in [2.75, 3.05) is 6.61 Å². The molecule has 5 rings (SSSR count). The fraction of sp³-hybridized carbons (Fsp3) is 0.333. The molecule has 0 aliphatic carbocycles. The Balaban J connectivity index is 1.42. The molecule has 0 saturated carbocycles. The molecule has 0 amide bonds. The minimum atomic E-state index is 0.252. The Morgan fingerprint density at radius 1 is 1.11 bits per heavy atom. The molecular formula is C33H35N3O2. The Kier molecular flexibility index (Phi) is 7.91. The van der Waals surface area contributed by atoms with E-state index in [4.69, 9.17) is 14.5 Å². The molecule has 1 aliphatic heterocycles. The standard InChI is InChI=1S/C33H35N3O2/c1-23(2)27-9-7-26(8-10-27)22-38-33-30(28-11-5-25(21-34)6-12-28)20-32-31(35-33)15-18-36(32)17-14-29-13-4-24(3)16-19-37-29/h5-12,15,18,20,23,29H,3-4,13-14,16-17,19,22H2,1-2H3/t29-/m0/s1. The molecular weight excluding hydrogens is 470 g/mol. The number of fused-ring (bicyclic) bond motifs is 1. The molecule has 2 aromatic carbocycles. The van der Waals surface area contributed by atoms with E-state index in [0.29, 0.717) is 24.0 Å². The molecule has 38 heavy (non-hydrogen) atoms. The SMILES string of the molecule is C=C1CCO[C@H](CCn2ccc3nc(OCc4ccc(C(C)C)cc4)c(-c4ccc(C#N)cc4)cc32)CC1. The van der Waals surface area contributed by atoms with Crippen LogP contribution < -0.4 is 4.74 Å². The summed E-state index contributed by atoms with van der Waals surface area (Å²) in [5.41, 5.74) is 8.20. The topological polar surface area (TPSA) is 60.1 Å². The highest BCUT2D eigenvalue weighted by Crippen LogP contribution is 2.33. The molecule has 1 saturated heterocycles. The summed E-state index contributed by atoms with van der Waals surface area (Å²) in [6, 6.07) is 22.6. The molecule has 1 aliphatic rings. The molecule has 2 aromatic heterocycles. The molecule has 0 radical (unpaired) electrons. The monoisotopic (exact) mass is 505 g/mol.